The minimum Gasteiger partial charge on any atom is -0.467 e. The Labute approximate surface area is 143 Å². The van der Waals surface area contributed by atoms with Crippen LogP contribution < -0.4 is 15.5 Å². The number of rotatable bonds is 6. The molecule has 0 saturated carbocycles. The molecule has 1 aromatic heterocycles. The Morgan fingerprint density at radius 3 is 2.92 bits per heavy atom. The van der Waals surface area contributed by atoms with Crippen molar-refractivity contribution in [1.82, 2.24) is 10.6 Å². The van der Waals surface area contributed by atoms with Crippen molar-refractivity contribution in [1.29, 1.82) is 0 Å². The maximum absolute atomic E-state index is 5.34. The van der Waals surface area contributed by atoms with Crippen LogP contribution in [0.25, 0.3) is 0 Å². The van der Waals surface area contributed by atoms with Crippen molar-refractivity contribution in [2.24, 2.45) is 4.99 Å². The van der Waals surface area contributed by atoms with E-state index in [0.717, 1.165) is 37.8 Å². The molecule has 2 aromatic rings. The second-order valence-corrected chi connectivity index (χ2v) is 6.08. The fraction of sp³-hybridized carbons (Fsp3) is 0.421. The Kier molecular flexibility index (Phi) is 5.41. The first kappa shape index (κ1) is 16.4. The van der Waals surface area contributed by atoms with Crippen LogP contribution in [0.1, 0.15) is 25.2 Å². The quantitative estimate of drug-likeness (QED) is 0.633. The third-order valence-corrected chi connectivity index (χ3v) is 4.34. The maximum atomic E-state index is 5.34. The van der Waals surface area contributed by atoms with Gasteiger partial charge in [-0.1, -0.05) is 18.2 Å². The number of guanidine groups is 1. The van der Waals surface area contributed by atoms with E-state index in [1.54, 1.807) is 6.26 Å². The van der Waals surface area contributed by atoms with Crippen molar-refractivity contribution in [3.05, 3.63) is 54.0 Å². The summed E-state index contributed by atoms with van der Waals surface area (Å²) in [4.78, 5) is 7.05. The molecular weight excluding hydrogens is 300 g/mol. The molecule has 1 unspecified atom stereocenters. The van der Waals surface area contributed by atoms with Gasteiger partial charge >= 0.3 is 0 Å². The van der Waals surface area contributed by atoms with Crippen LogP contribution in [0.3, 0.4) is 0 Å². The van der Waals surface area contributed by atoms with E-state index in [-0.39, 0.29) is 0 Å². The smallest absolute Gasteiger partial charge is 0.191 e. The highest BCUT2D eigenvalue weighted by Gasteiger charge is 2.22. The normalized spacial score (nSPS) is 15.2. The molecule has 0 radical (unpaired) electrons. The van der Waals surface area contributed by atoms with Crippen LogP contribution in [0.5, 0.6) is 0 Å². The topological polar surface area (TPSA) is 52.8 Å². The molecule has 2 heterocycles. The number of fused-ring (bicyclic) bond motifs is 1. The summed E-state index contributed by atoms with van der Waals surface area (Å²) < 4.78 is 5.34. The summed E-state index contributed by atoms with van der Waals surface area (Å²) in [7, 11) is 0. The molecule has 3 rings (SSSR count). The molecule has 5 heteroatoms. The average molecular weight is 326 g/mol. The number of nitrogens with one attached hydrogen (secondary N) is 2. The predicted octanol–water partition coefficient (Wildman–Crippen LogP) is 2.79. The van der Waals surface area contributed by atoms with Crippen LogP contribution in [-0.2, 0) is 13.0 Å². The van der Waals surface area contributed by atoms with Crippen molar-refractivity contribution < 1.29 is 4.42 Å². The van der Waals surface area contributed by atoms with Gasteiger partial charge in [0.25, 0.3) is 0 Å². The highest BCUT2D eigenvalue weighted by molar-refractivity contribution is 5.79. The first-order valence-electron chi connectivity index (χ1n) is 8.67. The minimum absolute atomic E-state index is 0.404. The number of anilines is 1. The Bertz CT molecular complexity index is 666. The fourth-order valence-electron chi connectivity index (χ4n) is 3.08. The lowest BCUT2D eigenvalue weighted by Gasteiger charge is -2.28. The third kappa shape index (κ3) is 3.91. The minimum atomic E-state index is 0.404. The van der Waals surface area contributed by atoms with E-state index >= 15 is 0 Å². The molecule has 2 N–H and O–H groups in total. The van der Waals surface area contributed by atoms with Crippen molar-refractivity contribution in [3.63, 3.8) is 0 Å². The van der Waals surface area contributed by atoms with Gasteiger partial charge in [-0.3, -0.25) is 0 Å². The van der Waals surface area contributed by atoms with Gasteiger partial charge in [-0.2, -0.15) is 0 Å². The second-order valence-electron chi connectivity index (χ2n) is 6.08. The van der Waals surface area contributed by atoms with E-state index in [1.165, 1.54) is 11.3 Å². The number of furan rings is 1. The van der Waals surface area contributed by atoms with E-state index in [0.29, 0.717) is 12.6 Å². The van der Waals surface area contributed by atoms with Gasteiger partial charge in [-0.25, -0.2) is 4.99 Å². The Morgan fingerprint density at radius 2 is 2.12 bits per heavy atom. The summed E-state index contributed by atoms with van der Waals surface area (Å²) in [6, 6.07) is 12.9. The molecule has 0 spiro atoms. The summed E-state index contributed by atoms with van der Waals surface area (Å²) >= 11 is 0. The number of aliphatic imine (C=N–C) groups is 1. The zero-order valence-electron chi connectivity index (χ0n) is 14.5. The van der Waals surface area contributed by atoms with Crippen molar-refractivity contribution in [3.8, 4) is 0 Å². The van der Waals surface area contributed by atoms with Gasteiger partial charge in [0.15, 0.2) is 5.96 Å². The van der Waals surface area contributed by atoms with Crippen molar-refractivity contribution >= 4 is 11.6 Å². The van der Waals surface area contributed by atoms with Crippen LogP contribution in [0, 0.1) is 0 Å². The molecule has 1 atom stereocenters. The Morgan fingerprint density at radius 1 is 1.25 bits per heavy atom. The van der Waals surface area contributed by atoms with Gasteiger partial charge in [0.05, 0.1) is 6.26 Å². The second kappa shape index (κ2) is 7.90. The molecule has 0 amide bonds. The van der Waals surface area contributed by atoms with E-state index in [2.05, 4.69) is 58.6 Å². The van der Waals surface area contributed by atoms with Gasteiger partial charge in [-0.15, -0.1) is 0 Å². The zero-order valence-corrected chi connectivity index (χ0v) is 14.5. The van der Waals surface area contributed by atoms with Gasteiger partial charge < -0.3 is 20.0 Å². The average Bonchev–Trinajstić information content (AvgIpc) is 3.26. The largest absolute Gasteiger partial charge is 0.467 e. The van der Waals surface area contributed by atoms with E-state index in [4.69, 9.17) is 4.42 Å². The first-order chi connectivity index (χ1) is 11.8. The number of hydrogen-bond donors (Lipinski definition) is 2. The summed E-state index contributed by atoms with van der Waals surface area (Å²) in [6.45, 7) is 7.64. The van der Waals surface area contributed by atoms with Gasteiger partial charge in [0, 0.05) is 31.4 Å². The van der Waals surface area contributed by atoms with Gasteiger partial charge in [0.2, 0.25) is 0 Å². The van der Waals surface area contributed by atoms with Crippen LogP contribution >= 0.6 is 0 Å². The molecule has 1 aliphatic rings. The molecule has 5 nitrogen and oxygen atoms in total. The molecule has 24 heavy (non-hydrogen) atoms. The SMILES string of the molecule is CCNC(=NCc1ccco1)NCC(C)N1CCc2ccccc21. The summed E-state index contributed by atoms with van der Waals surface area (Å²) in [6.07, 6.45) is 2.81. The number of hydrogen-bond acceptors (Lipinski definition) is 3. The number of para-hydroxylation sites is 1. The molecule has 128 valence electrons. The molecule has 1 aliphatic heterocycles. The molecule has 0 saturated heterocycles. The lowest BCUT2D eigenvalue weighted by atomic mass is 10.2. The van der Waals surface area contributed by atoms with Crippen LogP contribution in [-0.4, -0.2) is 31.6 Å². The number of benzene rings is 1. The summed E-state index contributed by atoms with van der Waals surface area (Å²) in [5.41, 5.74) is 2.81. The molecule has 0 fully saturated rings. The maximum Gasteiger partial charge on any atom is 0.191 e. The number of nitrogens with zero attached hydrogens (tertiary/aromatic N) is 2. The van der Waals surface area contributed by atoms with Gasteiger partial charge in [-0.05, 0) is 44.0 Å². The highest BCUT2D eigenvalue weighted by Crippen LogP contribution is 2.28. The monoisotopic (exact) mass is 326 g/mol. The van der Waals surface area contributed by atoms with E-state index in [9.17, 15) is 0 Å². The first-order valence-corrected chi connectivity index (χ1v) is 8.67. The van der Waals surface area contributed by atoms with E-state index < -0.39 is 0 Å². The van der Waals surface area contributed by atoms with Crippen LogP contribution in [0.2, 0.25) is 0 Å². The zero-order chi connectivity index (χ0) is 16.8. The fourth-order valence-corrected chi connectivity index (χ4v) is 3.08. The highest BCUT2D eigenvalue weighted by atomic mass is 16.3. The lowest BCUT2D eigenvalue weighted by Crippen LogP contribution is -2.45. The Balaban J connectivity index is 1.57. The Hall–Kier alpha value is -2.43. The standard InChI is InChI=1S/C19H26N4O/c1-3-20-19(22-14-17-8-6-12-24-17)21-13-15(2)23-11-10-16-7-4-5-9-18(16)23/h4-9,12,15H,3,10-11,13-14H2,1-2H3,(H2,20,21,22). The summed E-state index contributed by atoms with van der Waals surface area (Å²) in [5, 5.41) is 6.73. The van der Waals surface area contributed by atoms with Gasteiger partial charge in [0.1, 0.15) is 12.3 Å². The molecule has 0 aliphatic carbocycles. The van der Waals surface area contributed by atoms with Crippen molar-refractivity contribution in [2.45, 2.75) is 32.9 Å². The van der Waals surface area contributed by atoms with Crippen LogP contribution in [0.15, 0.2) is 52.1 Å². The molecule has 0 bridgehead atoms. The van der Waals surface area contributed by atoms with Crippen LogP contribution in [0.4, 0.5) is 5.69 Å². The third-order valence-electron chi connectivity index (χ3n) is 4.34. The molecular formula is C19H26N4O. The lowest BCUT2D eigenvalue weighted by molar-refractivity contribution is 0.511. The van der Waals surface area contributed by atoms with Crippen molar-refractivity contribution in [2.75, 3.05) is 24.5 Å². The summed E-state index contributed by atoms with van der Waals surface area (Å²) in [5.74, 6) is 1.70. The van der Waals surface area contributed by atoms with E-state index in [1.807, 2.05) is 12.1 Å². The molecule has 1 aromatic carbocycles. The predicted molar refractivity (Wildman–Crippen MR) is 98.5 cm³/mol.